The van der Waals surface area contributed by atoms with Crippen molar-refractivity contribution in [2.75, 3.05) is 20.6 Å². The first kappa shape index (κ1) is 19.3. The second-order valence-corrected chi connectivity index (χ2v) is 8.07. The average Bonchev–Trinajstić information content (AvgIpc) is 2.52. The Morgan fingerprint density at radius 1 is 1.16 bits per heavy atom. The first-order valence-corrected chi connectivity index (χ1v) is 8.89. The predicted molar refractivity (Wildman–Crippen MR) is 98.8 cm³/mol. The van der Waals surface area contributed by atoms with Gasteiger partial charge in [-0.1, -0.05) is 12.1 Å². The van der Waals surface area contributed by atoms with E-state index in [0.29, 0.717) is 18.0 Å². The monoisotopic (exact) mass is 346 g/mol. The van der Waals surface area contributed by atoms with Crippen LogP contribution in [0.1, 0.15) is 62.4 Å². The maximum atomic E-state index is 12.3. The number of piperidine rings is 1. The lowest BCUT2D eigenvalue weighted by atomic mass is 9.85. The van der Waals surface area contributed by atoms with E-state index in [-0.39, 0.29) is 18.0 Å². The van der Waals surface area contributed by atoms with Gasteiger partial charge < -0.3 is 14.5 Å². The summed E-state index contributed by atoms with van der Waals surface area (Å²) < 4.78 is 5.50. The summed E-state index contributed by atoms with van der Waals surface area (Å²) in [5, 5.41) is 0. The summed E-state index contributed by atoms with van der Waals surface area (Å²) in [6.45, 7) is 8.43. The molecule has 1 saturated heterocycles. The predicted octanol–water partition coefficient (Wildman–Crippen LogP) is 3.89. The number of benzene rings is 1. The summed E-state index contributed by atoms with van der Waals surface area (Å²) in [4.78, 5) is 27.7. The molecular formula is C20H30N2O3. The fraction of sp³-hybridized carbons (Fsp3) is 0.600. The molecular weight excluding hydrogens is 316 g/mol. The van der Waals surface area contributed by atoms with Crippen molar-refractivity contribution in [3.8, 4) is 0 Å². The second kappa shape index (κ2) is 7.46. The Kier molecular flexibility index (Phi) is 5.76. The lowest BCUT2D eigenvalue weighted by Crippen LogP contribution is -2.46. The molecule has 25 heavy (non-hydrogen) atoms. The van der Waals surface area contributed by atoms with Crippen LogP contribution in [0.3, 0.4) is 0 Å². The lowest BCUT2D eigenvalue weighted by molar-refractivity contribution is 0.0103. The molecule has 1 aliphatic rings. The summed E-state index contributed by atoms with van der Waals surface area (Å²) in [6, 6.07) is 8.00. The second-order valence-electron chi connectivity index (χ2n) is 8.07. The Labute approximate surface area is 150 Å². The van der Waals surface area contributed by atoms with E-state index in [1.807, 2.05) is 49.9 Å². The molecule has 0 bridgehead atoms. The number of carbonyl (C=O) groups excluding carboxylic acids is 2. The Morgan fingerprint density at radius 3 is 2.24 bits per heavy atom. The smallest absolute Gasteiger partial charge is 0.410 e. The molecule has 1 aromatic carbocycles. The molecule has 1 fully saturated rings. The summed E-state index contributed by atoms with van der Waals surface area (Å²) in [7, 11) is 3.51. The molecule has 2 unspecified atom stereocenters. The minimum atomic E-state index is -0.470. The van der Waals surface area contributed by atoms with Gasteiger partial charge in [-0.2, -0.15) is 0 Å². The maximum absolute atomic E-state index is 12.3. The van der Waals surface area contributed by atoms with Crippen LogP contribution in [0, 0.1) is 0 Å². The Hall–Kier alpha value is -2.04. The molecule has 2 rings (SSSR count). The van der Waals surface area contributed by atoms with Crippen LogP contribution in [0.4, 0.5) is 4.79 Å². The van der Waals surface area contributed by atoms with Gasteiger partial charge in [-0.15, -0.1) is 0 Å². The molecule has 0 aliphatic carbocycles. The third-order valence-corrected chi connectivity index (χ3v) is 4.54. The molecule has 138 valence electrons. The molecule has 5 nitrogen and oxygen atoms in total. The number of amides is 2. The first-order chi connectivity index (χ1) is 11.6. The minimum absolute atomic E-state index is 0.0136. The molecule has 1 aliphatic heterocycles. The standard InChI is InChI=1S/C20H30N2O3/c1-14-13-17(11-12-22(14)19(24)25-20(2,3)4)15-7-9-16(10-8-15)18(23)21(5)6/h7-10,14,17H,11-13H2,1-6H3. The van der Waals surface area contributed by atoms with Crippen molar-refractivity contribution in [2.24, 2.45) is 0 Å². The normalized spacial score (nSPS) is 21.0. The van der Waals surface area contributed by atoms with Gasteiger partial charge in [0.25, 0.3) is 5.91 Å². The maximum Gasteiger partial charge on any atom is 0.410 e. The topological polar surface area (TPSA) is 49.9 Å². The molecule has 1 aromatic rings. The quantitative estimate of drug-likeness (QED) is 0.816. The van der Waals surface area contributed by atoms with Crippen molar-refractivity contribution in [3.05, 3.63) is 35.4 Å². The lowest BCUT2D eigenvalue weighted by Gasteiger charge is -2.38. The van der Waals surface area contributed by atoms with Crippen molar-refractivity contribution < 1.29 is 14.3 Å². The number of nitrogens with zero attached hydrogens (tertiary/aromatic N) is 2. The van der Waals surface area contributed by atoms with Crippen LogP contribution in [-0.2, 0) is 4.74 Å². The Balaban J connectivity index is 2.01. The summed E-state index contributed by atoms with van der Waals surface area (Å²) >= 11 is 0. The van der Waals surface area contributed by atoms with Gasteiger partial charge in [-0.3, -0.25) is 4.79 Å². The minimum Gasteiger partial charge on any atom is -0.444 e. The van der Waals surface area contributed by atoms with Crippen LogP contribution >= 0.6 is 0 Å². The molecule has 0 aromatic heterocycles. The number of hydrogen-bond acceptors (Lipinski definition) is 3. The number of likely N-dealkylation sites (tertiary alicyclic amines) is 1. The van der Waals surface area contributed by atoms with E-state index in [9.17, 15) is 9.59 Å². The van der Waals surface area contributed by atoms with Crippen molar-refractivity contribution in [1.82, 2.24) is 9.80 Å². The van der Waals surface area contributed by atoms with Crippen LogP contribution in [0.2, 0.25) is 0 Å². The highest BCUT2D eigenvalue weighted by Gasteiger charge is 2.32. The largest absolute Gasteiger partial charge is 0.444 e. The molecule has 0 saturated carbocycles. The number of carbonyl (C=O) groups is 2. The highest BCUT2D eigenvalue weighted by molar-refractivity contribution is 5.93. The summed E-state index contributed by atoms with van der Waals surface area (Å²) in [6.07, 6.45) is 1.58. The zero-order chi connectivity index (χ0) is 18.8. The van der Waals surface area contributed by atoms with E-state index >= 15 is 0 Å². The van der Waals surface area contributed by atoms with Crippen LogP contribution in [0.25, 0.3) is 0 Å². The van der Waals surface area contributed by atoms with Crippen LogP contribution in [-0.4, -0.2) is 54.1 Å². The molecule has 1 heterocycles. The summed E-state index contributed by atoms with van der Waals surface area (Å²) in [5.41, 5.74) is 1.46. The molecule has 0 radical (unpaired) electrons. The highest BCUT2D eigenvalue weighted by atomic mass is 16.6. The molecule has 0 spiro atoms. The van der Waals surface area contributed by atoms with Crippen molar-refractivity contribution >= 4 is 12.0 Å². The Bertz CT molecular complexity index is 617. The van der Waals surface area contributed by atoms with Gasteiger partial charge in [-0.25, -0.2) is 4.79 Å². The molecule has 5 heteroatoms. The van der Waals surface area contributed by atoms with E-state index in [0.717, 1.165) is 12.8 Å². The van der Waals surface area contributed by atoms with Crippen LogP contribution < -0.4 is 0 Å². The van der Waals surface area contributed by atoms with Gasteiger partial charge >= 0.3 is 6.09 Å². The van der Waals surface area contributed by atoms with Gasteiger partial charge in [-0.05, 0) is 64.2 Å². The first-order valence-electron chi connectivity index (χ1n) is 8.89. The van der Waals surface area contributed by atoms with E-state index in [1.165, 1.54) is 5.56 Å². The fourth-order valence-electron chi connectivity index (χ4n) is 3.22. The summed E-state index contributed by atoms with van der Waals surface area (Å²) in [5.74, 6) is 0.414. The average molecular weight is 346 g/mol. The molecule has 0 N–H and O–H groups in total. The molecule has 2 amide bonds. The van der Waals surface area contributed by atoms with E-state index in [2.05, 4.69) is 6.92 Å². The third kappa shape index (κ3) is 4.97. The van der Waals surface area contributed by atoms with E-state index in [1.54, 1.807) is 19.0 Å². The fourth-order valence-corrected chi connectivity index (χ4v) is 3.22. The van der Waals surface area contributed by atoms with Crippen LogP contribution in [0.15, 0.2) is 24.3 Å². The number of ether oxygens (including phenoxy) is 1. The van der Waals surface area contributed by atoms with Gasteiger partial charge in [0.15, 0.2) is 0 Å². The third-order valence-electron chi connectivity index (χ3n) is 4.54. The molecule has 2 atom stereocenters. The Morgan fingerprint density at radius 2 is 1.76 bits per heavy atom. The zero-order valence-corrected chi connectivity index (χ0v) is 16.2. The van der Waals surface area contributed by atoms with Crippen molar-refractivity contribution in [3.63, 3.8) is 0 Å². The van der Waals surface area contributed by atoms with Crippen molar-refractivity contribution in [2.45, 2.75) is 58.1 Å². The number of hydrogen-bond donors (Lipinski definition) is 0. The highest BCUT2D eigenvalue weighted by Crippen LogP contribution is 2.32. The van der Waals surface area contributed by atoms with Gasteiger partial charge in [0, 0.05) is 32.2 Å². The van der Waals surface area contributed by atoms with Gasteiger partial charge in [0.1, 0.15) is 5.60 Å². The zero-order valence-electron chi connectivity index (χ0n) is 16.2. The van der Waals surface area contributed by atoms with E-state index in [4.69, 9.17) is 4.74 Å². The van der Waals surface area contributed by atoms with Crippen molar-refractivity contribution in [1.29, 1.82) is 0 Å². The van der Waals surface area contributed by atoms with E-state index < -0.39 is 5.60 Å². The van der Waals surface area contributed by atoms with Gasteiger partial charge in [0.05, 0.1) is 0 Å². The van der Waals surface area contributed by atoms with Gasteiger partial charge in [0.2, 0.25) is 0 Å². The SMILES string of the molecule is CC1CC(c2ccc(C(=O)N(C)C)cc2)CCN1C(=O)OC(C)(C)C. The van der Waals surface area contributed by atoms with Crippen LogP contribution in [0.5, 0.6) is 0 Å². The number of rotatable bonds is 2.